The molecule has 594 valence electrons. The average molecular weight is 1580 g/mol. The van der Waals surface area contributed by atoms with E-state index < -0.39 is 0 Å². The molecule has 25 rings (SSSR count). The lowest BCUT2D eigenvalue weighted by atomic mass is 9.44. The molecule has 4 aliphatic heterocycles. The van der Waals surface area contributed by atoms with E-state index in [1.807, 2.05) is 0 Å². The molecule has 0 amide bonds. The molecule has 21 aromatic rings. The number of aromatic nitrogens is 4. The Morgan fingerprint density at radius 2 is 0.680 bits per heavy atom. The quantitative estimate of drug-likeness (QED) is 0.117. The molecule has 122 heavy (non-hydrogen) atoms. The van der Waals surface area contributed by atoms with E-state index in [9.17, 15) is 0 Å². The summed E-state index contributed by atoms with van der Waals surface area (Å²) >= 11 is 0. The second-order valence-electron chi connectivity index (χ2n) is 44.3. The molecule has 4 aliphatic rings. The van der Waals surface area contributed by atoms with Gasteiger partial charge in [0, 0.05) is 97.8 Å². The van der Waals surface area contributed by atoms with Gasteiger partial charge in [0.15, 0.2) is 0 Å². The molecule has 0 unspecified atom stereocenters. The number of rotatable bonds is 6. The van der Waals surface area contributed by atoms with Gasteiger partial charge < -0.3 is 18.1 Å². The zero-order valence-electron chi connectivity index (χ0n) is 74.7. The second-order valence-corrected chi connectivity index (χ2v) is 44.3. The topological polar surface area (TPSA) is 19.7 Å². The van der Waals surface area contributed by atoms with E-state index in [0.29, 0.717) is 0 Å². The Labute approximate surface area is 716 Å². The summed E-state index contributed by atoms with van der Waals surface area (Å²) in [5.74, 6) is 0. The van der Waals surface area contributed by atoms with Gasteiger partial charge in [0.1, 0.15) is 0 Å². The van der Waals surface area contributed by atoms with Crippen molar-refractivity contribution in [1.29, 1.82) is 0 Å². The monoisotopic (exact) mass is 1570 g/mol. The third-order valence-corrected chi connectivity index (χ3v) is 30.8. The lowest BCUT2D eigenvalue weighted by Gasteiger charge is -2.37. The van der Waals surface area contributed by atoms with Gasteiger partial charge >= 0.3 is 13.7 Å². The Morgan fingerprint density at radius 1 is 0.254 bits per heavy atom. The fraction of sp³-hybridized carbons (Fsp3) is 0.259. The highest BCUT2D eigenvalue weighted by molar-refractivity contribution is 6.92. The number of hydrogen-bond acceptors (Lipinski definition) is 0. The lowest BCUT2D eigenvalue weighted by molar-refractivity contribution is 0.375. The molecular weight excluding hydrogens is 1470 g/mol. The number of hydrogen-bond donors (Lipinski definition) is 0. The smallest absolute Gasteiger partial charge is 0.333 e. The highest BCUT2D eigenvalue weighted by Gasteiger charge is 2.48. The number of nitrogens with zero attached hydrogens (tertiary/aromatic N) is 4. The van der Waals surface area contributed by atoms with Crippen molar-refractivity contribution in [2.45, 2.75) is 196 Å². The van der Waals surface area contributed by atoms with E-state index in [1.165, 1.54) is 269 Å². The molecular formula is C116H104B2N4. The standard InChI is InChI=1S/C116H104B2N4/c1-61-46-70(111(6,7)8)53-85-88-56-73(114(15,16)17)60-91-107(88)120(102(61)85)109-82-41-36-65-49-68(63-28-23-22-24-29-63)48-64-34-39-79(97(82)94(64)65)99-89-57-71(112(9,10)11)54-87-86-58-74(47-62(2)103(86)122(105(87)89)118(91)101(99)109)115(18,19)44-45-116(20,21)75-50-66-35-40-78-96-81(42-37-67(51-75)95(66)96)108-100-98(78)80-32-27-31-77-76-30-25-26-33-93(76)121(104(77)80)117(100)90-59-72(113(12,13)14)55-84-83-52-69(110(3,4)5)38-43-92(83)119(108)106(84)90/h22-43,46-60H,44-45H2,1-21H3. The molecule has 0 N–H and O–H groups in total. The Morgan fingerprint density at radius 3 is 1.27 bits per heavy atom. The van der Waals surface area contributed by atoms with Crippen LogP contribution >= 0.6 is 0 Å². The molecule has 0 spiro atoms. The molecule has 4 aromatic heterocycles. The molecule has 6 heteroatoms. The molecule has 0 saturated heterocycles. The molecule has 0 radical (unpaired) electrons. The van der Waals surface area contributed by atoms with Crippen molar-refractivity contribution in [3.8, 4) is 44.8 Å². The Kier molecular flexibility index (Phi) is 13.9. The molecule has 0 bridgehead atoms. The van der Waals surface area contributed by atoms with Crippen LogP contribution in [0.4, 0.5) is 0 Å². The van der Waals surface area contributed by atoms with Crippen molar-refractivity contribution in [3.63, 3.8) is 0 Å². The molecule has 4 nitrogen and oxygen atoms in total. The molecule has 0 aliphatic carbocycles. The normalized spacial score (nSPS) is 14.3. The van der Waals surface area contributed by atoms with Gasteiger partial charge in [0.05, 0.1) is 33.4 Å². The molecule has 8 heterocycles. The van der Waals surface area contributed by atoms with Crippen molar-refractivity contribution in [2.75, 3.05) is 0 Å². The van der Waals surface area contributed by atoms with Gasteiger partial charge in [0.25, 0.3) is 0 Å². The molecule has 0 atom stereocenters. The maximum absolute atomic E-state index is 2.89. The maximum atomic E-state index is 2.89. The summed E-state index contributed by atoms with van der Waals surface area (Å²) in [5.41, 5.74) is 38.4. The second kappa shape index (κ2) is 23.3. The van der Waals surface area contributed by atoms with E-state index >= 15 is 0 Å². The SMILES string of the molecule is Cc1cc(C(C)(C)CCC(C)(C)c2cc3ccc4c5c6c(c7ccc(c2)c3c47)-n2c3ccc(C(C)(C)C)cc3c3cc(C(C)(C)C)cc(c32)B6n2c3ccccc3c3cccc-5c32)cc2c3cc(C(C)(C)C)cc4c3n(c12)B1c2c-4c3ccc4cc(-c5ccccc5)cc5ccc(c2-n2c6c(C)cc(C(C)(C)C)cc6c6cc(C(C)(C)C)cc1c62)c3c45. The third-order valence-electron chi connectivity index (χ3n) is 30.8. The summed E-state index contributed by atoms with van der Waals surface area (Å²) in [4.78, 5) is 0. The third kappa shape index (κ3) is 9.42. The van der Waals surface area contributed by atoms with Crippen molar-refractivity contribution < 1.29 is 0 Å². The minimum absolute atomic E-state index is 0.0221. The van der Waals surface area contributed by atoms with Crippen LogP contribution in [0.25, 0.3) is 197 Å². The van der Waals surface area contributed by atoms with E-state index in [0.717, 1.165) is 12.8 Å². The van der Waals surface area contributed by atoms with Gasteiger partial charge in [-0.15, -0.1) is 0 Å². The van der Waals surface area contributed by atoms with Gasteiger partial charge in [-0.25, -0.2) is 0 Å². The Bertz CT molecular complexity index is 8370. The number of fused-ring (bicyclic) bond motifs is 24. The summed E-state index contributed by atoms with van der Waals surface area (Å²) < 4.78 is 11.2. The van der Waals surface area contributed by atoms with Gasteiger partial charge in [-0.05, 0) is 269 Å². The number of aryl methyl sites for hydroxylation is 2. The Balaban J connectivity index is 0.671. The summed E-state index contributed by atoms with van der Waals surface area (Å²) in [5, 5.41) is 26.7. The first-order valence-electron chi connectivity index (χ1n) is 45.1. The van der Waals surface area contributed by atoms with Gasteiger partial charge in [-0.2, -0.15) is 0 Å². The van der Waals surface area contributed by atoms with Crippen LogP contribution in [0.5, 0.6) is 0 Å². The van der Waals surface area contributed by atoms with Crippen molar-refractivity contribution in [3.05, 3.63) is 275 Å². The van der Waals surface area contributed by atoms with Crippen LogP contribution in [0.2, 0.25) is 0 Å². The highest BCUT2D eigenvalue weighted by atomic mass is 15.0. The zero-order valence-corrected chi connectivity index (χ0v) is 74.7. The van der Waals surface area contributed by atoms with Crippen LogP contribution in [0.15, 0.2) is 224 Å². The number of benzene rings is 17. The largest absolute Gasteiger partial charge is 0.375 e. The molecule has 0 saturated carbocycles. The minimum atomic E-state index is -0.196. The highest BCUT2D eigenvalue weighted by Crippen LogP contribution is 2.56. The fourth-order valence-corrected chi connectivity index (χ4v) is 24.1. The first-order valence-corrected chi connectivity index (χ1v) is 45.1. The van der Waals surface area contributed by atoms with Crippen LogP contribution in [-0.2, 0) is 37.9 Å². The fourth-order valence-electron chi connectivity index (χ4n) is 24.1. The number of para-hydroxylation sites is 2. The van der Waals surface area contributed by atoms with Crippen molar-refractivity contribution >= 4 is 187 Å². The van der Waals surface area contributed by atoms with Crippen molar-refractivity contribution in [1.82, 2.24) is 18.1 Å². The van der Waals surface area contributed by atoms with Crippen molar-refractivity contribution in [2.24, 2.45) is 0 Å². The molecule has 17 aromatic carbocycles. The maximum Gasteiger partial charge on any atom is 0.333 e. The van der Waals surface area contributed by atoms with Crippen LogP contribution in [0.3, 0.4) is 0 Å². The van der Waals surface area contributed by atoms with Crippen LogP contribution in [-0.4, -0.2) is 31.8 Å². The summed E-state index contributed by atoms with van der Waals surface area (Å²) in [6.07, 6.45) is 2.01. The Hall–Kier alpha value is -11.9. The first-order chi connectivity index (χ1) is 58.0. The van der Waals surface area contributed by atoms with Crippen LogP contribution in [0.1, 0.15) is 194 Å². The summed E-state index contributed by atoms with van der Waals surface area (Å²) in [6, 6.07) is 91.0. The van der Waals surface area contributed by atoms with E-state index in [-0.39, 0.29) is 51.6 Å². The molecule has 0 fully saturated rings. The van der Waals surface area contributed by atoms with E-state index in [1.54, 1.807) is 0 Å². The average Bonchev–Trinajstić information content (AvgIpc) is 1.43. The first kappa shape index (κ1) is 72.9. The van der Waals surface area contributed by atoms with E-state index in [2.05, 4.69) is 388 Å². The summed E-state index contributed by atoms with van der Waals surface area (Å²) in [7, 11) is 0. The minimum Gasteiger partial charge on any atom is -0.375 e. The predicted octanol–water partition coefficient (Wildman–Crippen LogP) is 28.6. The lowest BCUT2D eigenvalue weighted by Crippen LogP contribution is -2.55. The summed E-state index contributed by atoms with van der Waals surface area (Å²) in [6.45, 7) is 50.8. The van der Waals surface area contributed by atoms with Gasteiger partial charge in [-0.1, -0.05) is 289 Å². The van der Waals surface area contributed by atoms with Crippen LogP contribution < -0.4 is 21.9 Å². The zero-order chi connectivity index (χ0) is 83.8. The predicted molar refractivity (Wildman–Crippen MR) is 530 cm³/mol. The van der Waals surface area contributed by atoms with Crippen LogP contribution in [0, 0.1) is 13.8 Å². The van der Waals surface area contributed by atoms with E-state index in [4.69, 9.17) is 0 Å². The van der Waals surface area contributed by atoms with Gasteiger partial charge in [0.2, 0.25) is 0 Å². The van der Waals surface area contributed by atoms with Gasteiger partial charge in [-0.3, -0.25) is 0 Å².